The van der Waals surface area contributed by atoms with Crippen molar-refractivity contribution < 1.29 is 9.53 Å². The van der Waals surface area contributed by atoms with Crippen LogP contribution in [0.5, 0.6) is 5.75 Å². The number of ether oxygens (including phenoxy) is 1. The van der Waals surface area contributed by atoms with Crippen molar-refractivity contribution in [1.82, 2.24) is 0 Å². The van der Waals surface area contributed by atoms with E-state index < -0.39 is 0 Å². The number of hydrogen-bond acceptors (Lipinski definition) is 2. The van der Waals surface area contributed by atoms with Crippen molar-refractivity contribution in [2.24, 2.45) is 0 Å². The minimum atomic E-state index is -0.00138. The van der Waals surface area contributed by atoms with Gasteiger partial charge in [-0.1, -0.05) is 49.4 Å². The molecule has 21 heavy (non-hydrogen) atoms. The molecule has 0 saturated carbocycles. The lowest BCUT2D eigenvalue weighted by Crippen LogP contribution is -2.15. The van der Waals surface area contributed by atoms with Crippen molar-refractivity contribution in [2.45, 2.75) is 26.2 Å². The van der Waals surface area contributed by atoms with E-state index in [4.69, 9.17) is 4.74 Å². The average Bonchev–Trinajstić information content (AvgIpc) is 2.50. The maximum absolute atomic E-state index is 12.2. The molecule has 2 rings (SSSR count). The Morgan fingerprint density at radius 2 is 1.76 bits per heavy atom. The van der Waals surface area contributed by atoms with Gasteiger partial charge in [-0.15, -0.1) is 0 Å². The molecule has 0 heterocycles. The summed E-state index contributed by atoms with van der Waals surface area (Å²) in [4.78, 5) is 12.2. The second kappa shape index (κ2) is 7.48. The topological polar surface area (TPSA) is 38.3 Å². The lowest BCUT2D eigenvalue weighted by Gasteiger charge is -2.14. The van der Waals surface area contributed by atoms with E-state index in [1.54, 1.807) is 0 Å². The fraction of sp³-hybridized carbons (Fsp3) is 0.278. The van der Waals surface area contributed by atoms with Crippen LogP contribution in [0.4, 0.5) is 5.69 Å². The van der Waals surface area contributed by atoms with Gasteiger partial charge in [-0.25, -0.2) is 0 Å². The number of anilines is 1. The second-order valence-corrected chi connectivity index (χ2v) is 4.99. The molecule has 0 aliphatic rings. The van der Waals surface area contributed by atoms with Crippen LogP contribution in [0.1, 0.15) is 31.7 Å². The third-order valence-corrected chi connectivity index (χ3v) is 3.32. The van der Waals surface area contributed by atoms with Crippen LogP contribution in [-0.4, -0.2) is 12.5 Å². The Labute approximate surface area is 126 Å². The minimum absolute atomic E-state index is 0.00138. The number of rotatable bonds is 6. The molecule has 0 fully saturated rings. The maximum Gasteiger partial charge on any atom is 0.225 e. The van der Waals surface area contributed by atoms with Gasteiger partial charge in [0.2, 0.25) is 5.91 Å². The van der Waals surface area contributed by atoms with Crippen LogP contribution in [0.3, 0.4) is 0 Å². The molecule has 0 aromatic heterocycles. The molecular weight excluding hydrogens is 262 g/mol. The lowest BCUT2D eigenvalue weighted by molar-refractivity contribution is -0.116. The Hall–Kier alpha value is -2.29. The first-order chi connectivity index (χ1) is 10.2. The Morgan fingerprint density at radius 1 is 1.10 bits per heavy atom. The van der Waals surface area contributed by atoms with E-state index in [0.29, 0.717) is 18.8 Å². The SMILES string of the molecule is CCOc1ccccc1NC(=O)CC(C)c1ccccc1. The van der Waals surface area contributed by atoms with Crippen molar-refractivity contribution in [3.63, 3.8) is 0 Å². The molecule has 0 spiro atoms. The number of para-hydroxylation sites is 2. The van der Waals surface area contributed by atoms with Crippen molar-refractivity contribution in [3.05, 3.63) is 60.2 Å². The molecule has 1 unspecified atom stereocenters. The van der Waals surface area contributed by atoms with Gasteiger partial charge in [0.05, 0.1) is 12.3 Å². The predicted octanol–water partition coefficient (Wildman–Crippen LogP) is 4.22. The van der Waals surface area contributed by atoms with Crippen molar-refractivity contribution in [1.29, 1.82) is 0 Å². The molecule has 3 heteroatoms. The monoisotopic (exact) mass is 283 g/mol. The van der Waals surface area contributed by atoms with Crippen molar-refractivity contribution in [3.8, 4) is 5.75 Å². The molecule has 2 aromatic carbocycles. The first-order valence-corrected chi connectivity index (χ1v) is 7.27. The summed E-state index contributed by atoms with van der Waals surface area (Å²) in [6.07, 6.45) is 0.449. The highest BCUT2D eigenvalue weighted by Gasteiger charge is 2.12. The molecule has 0 aliphatic carbocycles. The van der Waals surface area contributed by atoms with Crippen molar-refractivity contribution >= 4 is 11.6 Å². The normalized spacial score (nSPS) is 11.7. The Morgan fingerprint density at radius 3 is 2.48 bits per heavy atom. The average molecular weight is 283 g/mol. The van der Waals surface area contributed by atoms with Gasteiger partial charge in [-0.05, 0) is 30.5 Å². The molecule has 1 atom stereocenters. The van der Waals surface area contributed by atoms with E-state index in [1.807, 2.05) is 61.5 Å². The number of amides is 1. The molecule has 0 aliphatic heterocycles. The second-order valence-electron chi connectivity index (χ2n) is 4.99. The highest BCUT2D eigenvalue weighted by Crippen LogP contribution is 2.25. The fourth-order valence-electron chi connectivity index (χ4n) is 2.23. The quantitative estimate of drug-likeness (QED) is 0.862. The first kappa shape index (κ1) is 15.1. The summed E-state index contributed by atoms with van der Waals surface area (Å²) in [7, 11) is 0. The molecule has 0 saturated heterocycles. The number of benzene rings is 2. The summed E-state index contributed by atoms with van der Waals surface area (Å²) >= 11 is 0. The van der Waals surface area contributed by atoms with Crippen LogP contribution in [-0.2, 0) is 4.79 Å². The summed E-state index contributed by atoms with van der Waals surface area (Å²) in [5, 5.41) is 2.93. The molecular formula is C18H21NO2. The summed E-state index contributed by atoms with van der Waals surface area (Å²) < 4.78 is 5.51. The zero-order valence-electron chi connectivity index (χ0n) is 12.5. The Kier molecular flexibility index (Phi) is 5.38. The standard InChI is InChI=1S/C18H21NO2/c1-3-21-17-12-8-7-11-16(17)19-18(20)13-14(2)15-9-5-4-6-10-15/h4-12,14H,3,13H2,1-2H3,(H,19,20). The predicted molar refractivity (Wildman–Crippen MR) is 85.7 cm³/mol. The van der Waals surface area contributed by atoms with Gasteiger partial charge >= 0.3 is 0 Å². The van der Waals surface area contributed by atoms with Gasteiger partial charge < -0.3 is 10.1 Å². The highest BCUT2D eigenvalue weighted by molar-refractivity contribution is 5.92. The number of hydrogen-bond donors (Lipinski definition) is 1. The van der Waals surface area contributed by atoms with Gasteiger partial charge in [-0.2, -0.15) is 0 Å². The third kappa shape index (κ3) is 4.35. The fourth-order valence-corrected chi connectivity index (χ4v) is 2.23. The van der Waals surface area contributed by atoms with Crippen LogP contribution in [0.15, 0.2) is 54.6 Å². The van der Waals surface area contributed by atoms with Gasteiger partial charge in [0.25, 0.3) is 0 Å². The van der Waals surface area contributed by atoms with Crippen LogP contribution in [0, 0.1) is 0 Å². The Bertz CT molecular complexity index is 581. The third-order valence-electron chi connectivity index (χ3n) is 3.32. The number of carbonyl (C=O) groups excluding carboxylic acids is 1. The Balaban J connectivity index is 1.99. The minimum Gasteiger partial charge on any atom is -0.492 e. The van der Waals surface area contributed by atoms with Gasteiger partial charge in [0.15, 0.2) is 0 Å². The summed E-state index contributed by atoms with van der Waals surface area (Å²) in [6.45, 7) is 4.56. The molecule has 1 amide bonds. The van der Waals surface area contributed by atoms with Gasteiger partial charge in [-0.3, -0.25) is 4.79 Å². The number of nitrogens with one attached hydrogen (secondary N) is 1. The smallest absolute Gasteiger partial charge is 0.225 e. The molecule has 110 valence electrons. The van der Waals surface area contributed by atoms with Crippen LogP contribution >= 0.6 is 0 Å². The largest absolute Gasteiger partial charge is 0.492 e. The zero-order chi connectivity index (χ0) is 15.1. The molecule has 0 bridgehead atoms. The first-order valence-electron chi connectivity index (χ1n) is 7.27. The van der Waals surface area contributed by atoms with Crippen molar-refractivity contribution in [2.75, 3.05) is 11.9 Å². The van der Waals surface area contributed by atoms with E-state index in [0.717, 1.165) is 5.69 Å². The van der Waals surface area contributed by atoms with E-state index in [2.05, 4.69) is 12.2 Å². The molecule has 3 nitrogen and oxygen atoms in total. The number of carbonyl (C=O) groups is 1. The van der Waals surface area contributed by atoms with Gasteiger partial charge in [0, 0.05) is 6.42 Å². The van der Waals surface area contributed by atoms with E-state index in [9.17, 15) is 4.79 Å². The zero-order valence-corrected chi connectivity index (χ0v) is 12.5. The summed E-state index contributed by atoms with van der Waals surface area (Å²) in [5.74, 6) is 0.893. The molecule has 1 N–H and O–H groups in total. The van der Waals surface area contributed by atoms with Crippen LogP contribution in [0.25, 0.3) is 0 Å². The van der Waals surface area contributed by atoms with Gasteiger partial charge in [0.1, 0.15) is 5.75 Å². The lowest BCUT2D eigenvalue weighted by atomic mass is 9.97. The summed E-state index contributed by atoms with van der Waals surface area (Å²) in [6, 6.07) is 17.6. The van der Waals surface area contributed by atoms with Crippen LogP contribution < -0.4 is 10.1 Å². The highest BCUT2D eigenvalue weighted by atomic mass is 16.5. The van der Waals surface area contributed by atoms with E-state index in [1.165, 1.54) is 5.56 Å². The summed E-state index contributed by atoms with van der Waals surface area (Å²) in [5.41, 5.74) is 1.90. The van der Waals surface area contributed by atoms with E-state index >= 15 is 0 Å². The van der Waals surface area contributed by atoms with Crippen LogP contribution in [0.2, 0.25) is 0 Å². The van der Waals surface area contributed by atoms with E-state index in [-0.39, 0.29) is 11.8 Å². The maximum atomic E-state index is 12.2. The molecule has 0 radical (unpaired) electrons. The molecule has 2 aromatic rings.